The molecule has 3 heterocycles. The van der Waals surface area contributed by atoms with Gasteiger partial charge >= 0.3 is 0 Å². The number of ether oxygens (including phenoxy) is 1. The monoisotopic (exact) mass is 413 g/mol. The Kier molecular flexibility index (Phi) is 5.94. The number of thiophene rings is 1. The lowest BCUT2D eigenvalue weighted by atomic mass is 10.1. The van der Waals surface area contributed by atoms with Gasteiger partial charge in [0.15, 0.2) is 0 Å². The van der Waals surface area contributed by atoms with Gasteiger partial charge < -0.3 is 10.1 Å². The highest BCUT2D eigenvalue weighted by Crippen LogP contribution is 2.39. The molecular weight excluding hydrogens is 390 g/mol. The number of carbonyl (C=O) groups excluding carboxylic acids is 1. The molecule has 0 aliphatic carbocycles. The van der Waals surface area contributed by atoms with E-state index in [-0.39, 0.29) is 17.3 Å². The second kappa shape index (κ2) is 8.59. The Labute approximate surface area is 172 Å². The van der Waals surface area contributed by atoms with Gasteiger partial charge in [0.25, 0.3) is 0 Å². The van der Waals surface area contributed by atoms with Gasteiger partial charge in [-0.15, -0.1) is 11.3 Å². The molecule has 0 saturated carbocycles. The Morgan fingerprint density at radius 3 is 2.93 bits per heavy atom. The molecule has 1 aliphatic rings. The highest BCUT2D eigenvalue weighted by Gasteiger charge is 2.22. The first-order chi connectivity index (χ1) is 13.6. The van der Waals surface area contributed by atoms with E-state index in [2.05, 4.69) is 51.9 Å². The minimum Gasteiger partial charge on any atom is -0.376 e. The topological polar surface area (TPSA) is 64.1 Å². The fourth-order valence-corrected chi connectivity index (χ4v) is 5.21. The zero-order chi connectivity index (χ0) is 19.5. The van der Waals surface area contributed by atoms with Gasteiger partial charge in [-0.2, -0.15) is 0 Å². The lowest BCUT2D eigenvalue weighted by Gasteiger charge is -2.15. The zero-order valence-electron chi connectivity index (χ0n) is 16.0. The number of hydrogen-bond acceptors (Lipinski definition) is 6. The summed E-state index contributed by atoms with van der Waals surface area (Å²) in [6.07, 6.45) is 3.82. The maximum atomic E-state index is 12.5. The standard InChI is InChI=1S/C21H23N3O2S2/c1-13-5-7-15(8-6-13)17-11-27-20-18(17)21(24-12-23-20)28-14(2)19(25)22-10-16-4-3-9-26-16/h5-8,11-12,14,16H,3-4,9-10H2,1-2H3,(H,22,25)/t14-,16-/m1/s1. The molecule has 0 bridgehead atoms. The smallest absolute Gasteiger partial charge is 0.233 e. The van der Waals surface area contributed by atoms with Crippen molar-refractivity contribution < 1.29 is 9.53 Å². The summed E-state index contributed by atoms with van der Waals surface area (Å²) in [6, 6.07) is 8.46. The number of thioether (sulfide) groups is 1. The quantitative estimate of drug-likeness (QED) is 0.478. The Balaban J connectivity index is 1.53. The van der Waals surface area contributed by atoms with Crippen molar-refractivity contribution in [3.8, 4) is 11.1 Å². The number of rotatable bonds is 6. The van der Waals surface area contributed by atoms with Crippen molar-refractivity contribution in [1.82, 2.24) is 15.3 Å². The predicted octanol–water partition coefficient (Wildman–Crippen LogP) is 4.44. The third-order valence-electron chi connectivity index (χ3n) is 4.88. The van der Waals surface area contributed by atoms with Crippen LogP contribution >= 0.6 is 23.1 Å². The molecule has 1 aliphatic heterocycles. The van der Waals surface area contributed by atoms with Gasteiger partial charge in [-0.1, -0.05) is 41.6 Å². The molecule has 7 heteroatoms. The van der Waals surface area contributed by atoms with Crippen molar-refractivity contribution in [3.05, 3.63) is 41.5 Å². The molecule has 0 spiro atoms. The molecule has 1 N–H and O–H groups in total. The van der Waals surface area contributed by atoms with E-state index in [1.165, 1.54) is 17.3 Å². The number of hydrogen-bond donors (Lipinski definition) is 1. The second-order valence-corrected chi connectivity index (χ2v) is 9.20. The van der Waals surface area contributed by atoms with Crippen LogP contribution in [-0.2, 0) is 9.53 Å². The van der Waals surface area contributed by atoms with E-state index in [1.54, 1.807) is 17.7 Å². The summed E-state index contributed by atoms with van der Waals surface area (Å²) in [5.74, 6) is 0.0133. The molecule has 1 amide bonds. The fourth-order valence-electron chi connectivity index (χ4n) is 3.27. The summed E-state index contributed by atoms with van der Waals surface area (Å²) in [5, 5.41) is 6.77. The number of benzene rings is 1. The molecule has 28 heavy (non-hydrogen) atoms. The van der Waals surface area contributed by atoms with Crippen LogP contribution in [0.25, 0.3) is 21.3 Å². The van der Waals surface area contributed by atoms with Crippen molar-refractivity contribution in [2.45, 2.75) is 43.1 Å². The van der Waals surface area contributed by atoms with Crippen molar-refractivity contribution in [2.75, 3.05) is 13.2 Å². The maximum Gasteiger partial charge on any atom is 0.233 e. The van der Waals surface area contributed by atoms with Crippen LogP contribution in [0.1, 0.15) is 25.3 Å². The van der Waals surface area contributed by atoms with Gasteiger partial charge in [0, 0.05) is 24.1 Å². The molecule has 1 fully saturated rings. The van der Waals surface area contributed by atoms with Crippen LogP contribution in [0.15, 0.2) is 41.0 Å². The summed E-state index contributed by atoms with van der Waals surface area (Å²) in [4.78, 5) is 22.4. The molecule has 3 aromatic rings. The molecule has 0 unspecified atom stereocenters. The number of aryl methyl sites for hydroxylation is 1. The Morgan fingerprint density at radius 2 is 2.18 bits per heavy atom. The highest BCUT2D eigenvalue weighted by atomic mass is 32.2. The van der Waals surface area contributed by atoms with Crippen LogP contribution in [0.2, 0.25) is 0 Å². The summed E-state index contributed by atoms with van der Waals surface area (Å²) >= 11 is 3.09. The van der Waals surface area contributed by atoms with Crippen LogP contribution < -0.4 is 5.32 Å². The number of fused-ring (bicyclic) bond motifs is 1. The fraction of sp³-hybridized carbons (Fsp3) is 0.381. The molecule has 2 atom stereocenters. The molecular formula is C21H23N3O2S2. The molecule has 146 valence electrons. The predicted molar refractivity (Wildman–Crippen MR) is 115 cm³/mol. The van der Waals surface area contributed by atoms with E-state index in [1.807, 2.05) is 6.92 Å². The number of amides is 1. The van der Waals surface area contributed by atoms with Gasteiger partial charge in [-0.3, -0.25) is 4.79 Å². The molecule has 2 aromatic heterocycles. The number of aromatic nitrogens is 2. The average Bonchev–Trinajstić information content (AvgIpc) is 3.37. The van der Waals surface area contributed by atoms with Crippen LogP contribution in [0.5, 0.6) is 0 Å². The van der Waals surface area contributed by atoms with E-state index in [0.717, 1.165) is 45.8 Å². The van der Waals surface area contributed by atoms with Crippen LogP contribution in [-0.4, -0.2) is 40.4 Å². The van der Waals surface area contributed by atoms with E-state index < -0.39 is 0 Å². The third kappa shape index (κ3) is 4.21. The zero-order valence-corrected chi connectivity index (χ0v) is 17.6. The summed E-state index contributed by atoms with van der Waals surface area (Å²) in [7, 11) is 0. The first kappa shape index (κ1) is 19.4. The van der Waals surface area contributed by atoms with Gasteiger partial charge in [0.1, 0.15) is 16.2 Å². The van der Waals surface area contributed by atoms with Gasteiger partial charge in [0.2, 0.25) is 5.91 Å². The van der Waals surface area contributed by atoms with Gasteiger partial charge in [-0.05, 0) is 32.3 Å². The lowest BCUT2D eigenvalue weighted by molar-refractivity contribution is -0.120. The molecule has 1 aromatic carbocycles. The van der Waals surface area contributed by atoms with Gasteiger partial charge in [-0.25, -0.2) is 9.97 Å². The first-order valence-corrected chi connectivity index (χ1v) is 11.2. The molecule has 4 rings (SSSR count). The van der Waals surface area contributed by atoms with E-state index in [4.69, 9.17) is 4.74 Å². The second-order valence-electron chi connectivity index (χ2n) is 7.01. The summed E-state index contributed by atoms with van der Waals surface area (Å²) < 4.78 is 5.58. The average molecular weight is 414 g/mol. The van der Waals surface area contributed by atoms with E-state index in [9.17, 15) is 4.79 Å². The van der Waals surface area contributed by atoms with Crippen molar-refractivity contribution in [2.24, 2.45) is 0 Å². The Bertz CT molecular complexity index is 965. The van der Waals surface area contributed by atoms with Crippen molar-refractivity contribution >= 4 is 39.2 Å². The minimum atomic E-state index is -0.245. The number of nitrogens with zero attached hydrogens (tertiary/aromatic N) is 2. The Morgan fingerprint density at radius 1 is 1.36 bits per heavy atom. The number of nitrogens with one attached hydrogen (secondary N) is 1. The summed E-state index contributed by atoms with van der Waals surface area (Å²) in [5.41, 5.74) is 3.49. The summed E-state index contributed by atoms with van der Waals surface area (Å²) in [6.45, 7) is 5.37. The normalized spacial score (nSPS) is 17.7. The van der Waals surface area contributed by atoms with Crippen molar-refractivity contribution in [1.29, 1.82) is 0 Å². The highest BCUT2D eigenvalue weighted by molar-refractivity contribution is 8.00. The van der Waals surface area contributed by atoms with Crippen LogP contribution in [0, 0.1) is 6.92 Å². The third-order valence-corrected chi connectivity index (χ3v) is 6.87. The first-order valence-electron chi connectivity index (χ1n) is 9.47. The van der Waals surface area contributed by atoms with Gasteiger partial charge in [0.05, 0.1) is 16.7 Å². The van der Waals surface area contributed by atoms with Crippen molar-refractivity contribution in [3.63, 3.8) is 0 Å². The van der Waals surface area contributed by atoms with E-state index in [0.29, 0.717) is 6.54 Å². The molecule has 5 nitrogen and oxygen atoms in total. The minimum absolute atomic E-state index is 0.0133. The van der Waals surface area contributed by atoms with Crippen LogP contribution in [0.3, 0.4) is 0 Å². The maximum absolute atomic E-state index is 12.5. The van der Waals surface area contributed by atoms with Crippen LogP contribution in [0.4, 0.5) is 0 Å². The Hall–Kier alpha value is -1.96. The molecule has 1 saturated heterocycles. The SMILES string of the molecule is Cc1ccc(-c2csc3ncnc(S[C@H](C)C(=O)NC[C@H]4CCCO4)c23)cc1. The molecule has 0 radical (unpaired) electrons. The van der Waals surface area contributed by atoms with E-state index >= 15 is 0 Å². The largest absolute Gasteiger partial charge is 0.376 e. The number of carbonyl (C=O) groups is 1. The lowest BCUT2D eigenvalue weighted by Crippen LogP contribution is -2.36.